The minimum Gasteiger partial charge on any atom is -0.757 e. The maximum atomic E-state index is 11.2. The molecule has 1 aliphatic rings. The van der Waals surface area contributed by atoms with Crippen LogP contribution in [-0.4, -0.2) is 16.4 Å². The molecule has 0 bridgehead atoms. The highest BCUT2D eigenvalue weighted by Crippen LogP contribution is 2.28. The molecule has 0 N–H and O–H groups in total. The summed E-state index contributed by atoms with van der Waals surface area (Å²) in [5.41, 5.74) is -0.312. The smallest absolute Gasteiger partial charge is 0.109 e. The second kappa shape index (κ2) is 2.40. The monoisotopic (exact) mass is 161 g/mol. The first-order valence-corrected chi connectivity index (χ1v) is 3.57. The van der Waals surface area contributed by atoms with Gasteiger partial charge in [-0.15, -0.1) is 0 Å². The molecule has 0 radical (unpaired) electrons. The van der Waals surface area contributed by atoms with Crippen LogP contribution in [0.2, 0.25) is 0 Å². The zero-order chi connectivity index (χ0) is 7.78. The summed E-state index contributed by atoms with van der Waals surface area (Å²) in [4.78, 5) is 0. The highest BCUT2D eigenvalue weighted by Gasteiger charge is 2.29. The van der Waals surface area contributed by atoms with Crippen molar-refractivity contribution in [2.24, 2.45) is 4.51 Å². The molecule has 0 aliphatic carbocycles. The molecule has 4 heteroatoms. The van der Waals surface area contributed by atoms with Crippen LogP contribution in [0.4, 0.5) is 0 Å². The minimum absolute atomic E-state index is 0.312. The number of hydroxylamine groups is 2. The Morgan fingerprint density at radius 2 is 2.30 bits per heavy atom. The number of amidine groups is 1. The lowest BCUT2D eigenvalue weighted by Crippen LogP contribution is -2.35. The van der Waals surface area contributed by atoms with Gasteiger partial charge in [0.15, 0.2) is 0 Å². The maximum Gasteiger partial charge on any atom is 0.109 e. The van der Waals surface area contributed by atoms with Crippen molar-refractivity contribution in [3.63, 3.8) is 0 Å². The molecule has 0 spiro atoms. The standard InChI is InChI=1S/C6H10ClN2O/c1-6(2)4-3-5(8-7)9(6)10/h3-4H2,1-2H3/q-1/b8-5+. The van der Waals surface area contributed by atoms with E-state index in [1.165, 1.54) is 0 Å². The van der Waals surface area contributed by atoms with Crippen LogP contribution >= 0.6 is 11.8 Å². The molecular formula is C6H10ClN2O-. The van der Waals surface area contributed by atoms with Gasteiger partial charge in [-0.05, 0) is 20.3 Å². The minimum atomic E-state index is -0.312. The van der Waals surface area contributed by atoms with Gasteiger partial charge in [-0.3, -0.25) is 0 Å². The molecule has 1 fully saturated rings. The van der Waals surface area contributed by atoms with E-state index < -0.39 is 0 Å². The van der Waals surface area contributed by atoms with E-state index in [0.717, 1.165) is 11.5 Å². The summed E-state index contributed by atoms with van der Waals surface area (Å²) in [6.07, 6.45) is 1.53. The zero-order valence-corrected chi connectivity index (χ0v) is 6.85. The summed E-state index contributed by atoms with van der Waals surface area (Å²) in [7, 11) is 0. The highest BCUT2D eigenvalue weighted by atomic mass is 35.5. The third kappa shape index (κ3) is 1.11. The molecule has 1 rings (SSSR count). The third-order valence-corrected chi connectivity index (χ3v) is 2.04. The van der Waals surface area contributed by atoms with Crippen molar-refractivity contribution >= 4 is 17.6 Å². The fourth-order valence-electron chi connectivity index (χ4n) is 1.05. The van der Waals surface area contributed by atoms with Gasteiger partial charge in [-0.2, -0.15) is 4.51 Å². The molecule has 0 unspecified atom stereocenters. The van der Waals surface area contributed by atoms with Gasteiger partial charge in [0, 0.05) is 23.7 Å². The van der Waals surface area contributed by atoms with Crippen molar-refractivity contribution in [1.29, 1.82) is 0 Å². The van der Waals surface area contributed by atoms with E-state index in [2.05, 4.69) is 4.51 Å². The molecule has 10 heavy (non-hydrogen) atoms. The van der Waals surface area contributed by atoms with Crippen LogP contribution in [0.3, 0.4) is 0 Å². The van der Waals surface area contributed by atoms with Crippen LogP contribution in [0.15, 0.2) is 4.51 Å². The van der Waals surface area contributed by atoms with Gasteiger partial charge >= 0.3 is 0 Å². The molecule has 0 aromatic rings. The second-order valence-electron chi connectivity index (χ2n) is 3.11. The second-order valence-corrected chi connectivity index (χ2v) is 3.28. The number of halogens is 1. The van der Waals surface area contributed by atoms with Gasteiger partial charge in [0.05, 0.1) is 0 Å². The van der Waals surface area contributed by atoms with Gasteiger partial charge in [-0.25, -0.2) is 0 Å². The topological polar surface area (TPSA) is 38.7 Å². The Morgan fingerprint density at radius 1 is 1.70 bits per heavy atom. The lowest BCUT2D eigenvalue weighted by molar-refractivity contribution is 0.309. The van der Waals surface area contributed by atoms with E-state index in [-0.39, 0.29) is 5.54 Å². The van der Waals surface area contributed by atoms with Crippen LogP contribution in [0.25, 0.3) is 0 Å². The molecule has 1 saturated heterocycles. The third-order valence-electron chi connectivity index (χ3n) is 1.84. The fourth-order valence-corrected chi connectivity index (χ4v) is 1.20. The Morgan fingerprint density at radius 3 is 2.50 bits per heavy atom. The molecule has 0 amide bonds. The molecule has 1 heterocycles. The largest absolute Gasteiger partial charge is 0.757 e. The predicted molar refractivity (Wildman–Crippen MR) is 41.8 cm³/mol. The summed E-state index contributed by atoms with van der Waals surface area (Å²) in [5, 5.41) is 12.0. The van der Waals surface area contributed by atoms with Crippen LogP contribution in [0.5, 0.6) is 0 Å². The normalized spacial score (nSPS) is 28.0. The Bertz CT molecular complexity index is 167. The summed E-state index contributed by atoms with van der Waals surface area (Å²) in [6, 6.07) is 0. The Hall–Kier alpha value is -0.280. The van der Waals surface area contributed by atoms with E-state index in [1.807, 2.05) is 13.8 Å². The Kier molecular flexibility index (Phi) is 1.88. The van der Waals surface area contributed by atoms with Crippen molar-refractivity contribution in [2.45, 2.75) is 32.2 Å². The summed E-state index contributed by atoms with van der Waals surface area (Å²) in [5.74, 6) is 0.451. The summed E-state index contributed by atoms with van der Waals surface area (Å²) >= 11 is 5.18. The molecule has 1 aliphatic heterocycles. The molecule has 0 saturated carbocycles. The first-order chi connectivity index (χ1) is 4.58. The number of rotatable bonds is 0. The molecule has 0 aromatic heterocycles. The number of hydrogen-bond donors (Lipinski definition) is 0. The molecule has 0 aromatic carbocycles. The first kappa shape index (κ1) is 7.82. The van der Waals surface area contributed by atoms with Crippen molar-refractivity contribution in [3.8, 4) is 0 Å². The van der Waals surface area contributed by atoms with Crippen LogP contribution in [0, 0.1) is 5.21 Å². The Labute approximate surface area is 65.4 Å². The first-order valence-electron chi connectivity index (χ1n) is 3.23. The zero-order valence-electron chi connectivity index (χ0n) is 6.09. The van der Waals surface area contributed by atoms with Gasteiger partial charge < -0.3 is 10.3 Å². The van der Waals surface area contributed by atoms with Gasteiger partial charge in [0.1, 0.15) is 5.84 Å². The van der Waals surface area contributed by atoms with E-state index in [0.29, 0.717) is 12.3 Å². The Balaban J connectivity index is 2.77. The summed E-state index contributed by atoms with van der Waals surface area (Å²) in [6.45, 7) is 3.77. The van der Waals surface area contributed by atoms with Gasteiger partial charge in [0.25, 0.3) is 0 Å². The molecule has 0 atom stereocenters. The lowest BCUT2D eigenvalue weighted by atomic mass is 10.0. The molecular weight excluding hydrogens is 152 g/mol. The van der Waals surface area contributed by atoms with E-state index in [9.17, 15) is 5.21 Å². The van der Waals surface area contributed by atoms with Crippen molar-refractivity contribution in [2.75, 3.05) is 0 Å². The van der Waals surface area contributed by atoms with E-state index in [1.54, 1.807) is 0 Å². The van der Waals surface area contributed by atoms with Crippen LogP contribution in [-0.2, 0) is 0 Å². The lowest BCUT2D eigenvalue weighted by Gasteiger charge is -2.38. The fraction of sp³-hybridized carbons (Fsp3) is 0.833. The highest BCUT2D eigenvalue weighted by molar-refractivity contribution is 6.20. The average Bonchev–Trinajstić information content (AvgIpc) is 2.10. The van der Waals surface area contributed by atoms with E-state index in [4.69, 9.17) is 11.8 Å². The maximum absolute atomic E-state index is 11.2. The summed E-state index contributed by atoms with van der Waals surface area (Å²) < 4.78 is 3.37. The number of hydrogen-bond acceptors (Lipinski definition) is 2. The van der Waals surface area contributed by atoms with Gasteiger partial charge in [-0.1, -0.05) is 0 Å². The SMILES string of the molecule is CC1(C)CC/C(=N\Cl)N1[O-]. The number of nitrogens with zero attached hydrogens (tertiary/aromatic N) is 2. The molecule has 58 valence electrons. The average molecular weight is 162 g/mol. The van der Waals surface area contributed by atoms with Crippen molar-refractivity contribution in [3.05, 3.63) is 5.21 Å². The van der Waals surface area contributed by atoms with Crippen LogP contribution in [0.1, 0.15) is 26.7 Å². The predicted octanol–water partition coefficient (Wildman–Crippen LogP) is 1.91. The van der Waals surface area contributed by atoms with Crippen LogP contribution < -0.4 is 0 Å². The quantitative estimate of drug-likeness (QED) is 0.545. The van der Waals surface area contributed by atoms with E-state index >= 15 is 0 Å². The molecule has 3 nitrogen and oxygen atoms in total. The van der Waals surface area contributed by atoms with Crippen molar-refractivity contribution in [1.82, 2.24) is 5.06 Å². The van der Waals surface area contributed by atoms with Gasteiger partial charge in [0.2, 0.25) is 0 Å². The van der Waals surface area contributed by atoms with Crippen molar-refractivity contribution < 1.29 is 0 Å².